The quantitative estimate of drug-likeness (QED) is 0.299. The largest absolute Gasteiger partial charge is 0.489 e. The lowest BCUT2D eigenvalue weighted by atomic mass is 9.82. The lowest BCUT2D eigenvalue weighted by Crippen LogP contribution is -2.37. The third kappa shape index (κ3) is 4.38. The second-order valence-electron chi connectivity index (χ2n) is 10.2. The minimum Gasteiger partial charge on any atom is -0.489 e. The smallest absolute Gasteiger partial charge is 0.335 e. The molecule has 0 aromatic heterocycles. The Labute approximate surface area is 211 Å². The molecule has 4 aromatic rings. The molecule has 0 unspecified atom stereocenters. The highest BCUT2D eigenvalue weighted by Crippen LogP contribution is 2.45. The molecule has 182 valence electrons. The highest BCUT2D eigenvalue weighted by atomic mass is 16.5. The van der Waals surface area contributed by atoms with Crippen LogP contribution in [0.3, 0.4) is 0 Å². The van der Waals surface area contributed by atoms with Gasteiger partial charge >= 0.3 is 5.97 Å². The fraction of sp³-hybridized carbons (Fsp3) is 0.281. The van der Waals surface area contributed by atoms with Gasteiger partial charge in [-0.3, -0.25) is 0 Å². The highest BCUT2D eigenvalue weighted by Gasteiger charge is 2.32. The fourth-order valence-corrected chi connectivity index (χ4v) is 5.71. The first-order chi connectivity index (χ1) is 17.6. The van der Waals surface area contributed by atoms with Crippen LogP contribution in [0, 0.1) is 0 Å². The second-order valence-corrected chi connectivity index (χ2v) is 10.2. The van der Waals surface area contributed by atoms with Gasteiger partial charge in [0.25, 0.3) is 0 Å². The molecule has 2 N–H and O–H groups in total. The molecule has 1 saturated carbocycles. The van der Waals surface area contributed by atoms with Gasteiger partial charge in [-0.1, -0.05) is 72.8 Å². The molecule has 4 aromatic carbocycles. The summed E-state index contributed by atoms with van der Waals surface area (Å²) in [7, 11) is 0. The van der Waals surface area contributed by atoms with Crippen molar-refractivity contribution in [2.45, 2.75) is 50.2 Å². The number of rotatable bonds is 7. The van der Waals surface area contributed by atoms with Gasteiger partial charge in [0.2, 0.25) is 0 Å². The summed E-state index contributed by atoms with van der Waals surface area (Å²) in [4.78, 5) is 12.1. The molecule has 1 aliphatic carbocycles. The molecule has 1 aliphatic heterocycles. The molecule has 4 heteroatoms. The van der Waals surface area contributed by atoms with Crippen LogP contribution in [0.4, 0.5) is 0 Å². The Kier molecular flexibility index (Phi) is 5.98. The van der Waals surface area contributed by atoms with Gasteiger partial charge in [0.05, 0.1) is 5.56 Å². The van der Waals surface area contributed by atoms with Crippen molar-refractivity contribution in [2.75, 3.05) is 6.54 Å². The molecule has 0 saturated heterocycles. The molecule has 1 heterocycles. The predicted octanol–water partition coefficient (Wildman–Crippen LogP) is 7.05. The monoisotopic (exact) mass is 477 g/mol. The van der Waals surface area contributed by atoms with Gasteiger partial charge in [0.15, 0.2) is 0 Å². The van der Waals surface area contributed by atoms with Crippen molar-refractivity contribution < 1.29 is 14.6 Å². The average Bonchev–Trinajstić information content (AvgIpc) is 3.76. The van der Waals surface area contributed by atoms with E-state index in [9.17, 15) is 9.90 Å². The van der Waals surface area contributed by atoms with Crippen LogP contribution in [0.5, 0.6) is 5.75 Å². The van der Waals surface area contributed by atoms with Crippen molar-refractivity contribution in [2.24, 2.45) is 0 Å². The standard InChI is InChI=1S/C32H31NO3/c1-20(25-11-6-8-21-7-2-3-9-26(21)25)33-19-24-18-29(28-10-4-5-12-31(28)36-24)23-15-16-27(22-13-14-22)30(17-23)32(34)35/h2-12,15-17,20,22,24,29,33H,13-14,18-19H2,1H3,(H,34,35)/t20-,24-,29+/m1/s1. The number of aromatic carboxylic acids is 1. The number of carboxylic acids is 1. The van der Waals surface area contributed by atoms with Crippen molar-refractivity contribution in [3.8, 4) is 5.75 Å². The minimum absolute atomic E-state index is 0.0151. The van der Waals surface area contributed by atoms with Crippen molar-refractivity contribution >= 4 is 16.7 Å². The maximum absolute atomic E-state index is 12.1. The summed E-state index contributed by atoms with van der Waals surface area (Å²) in [5.41, 5.74) is 4.90. The van der Waals surface area contributed by atoms with Crippen LogP contribution in [0.2, 0.25) is 0 Å². The Morgan fingerprint density at radius 2 is 1.75 bits per heavy atom. The molecule has 3 atom stereocenters. The van der Waals surface area contributed by atoms with Crippen molar-refractivity contribution in [1.82, 2.24) is 5.32 Å². The lowest BCUT2D eigenvalue weighted by Gasteiger charge is -2.33. The first kappa shape index (κ1) is 22.8. The third-order valence-electron chi connectivity index (χ3n) is 7.76. The number of fused-ring (bicyclic) bond motifs is 2. The Morgan fingerprint density at radius 1 is 0.972 bits per heavy atom. The van der Waals surface area contributed by atoms with E-state index in [2.05, 4.69) is 66.8 Å². The maximum Gasteiger partial charge on any atom is 0.335 e. The molecular formula is C32H31NO3. The van der Waals surface area contributed by atoms with Crippen LogP contribution in [0.1, 0.15) is 76.7 Å². The predicted molar refractivity (Wildman–Crippen MR) is 143 cm³/mol. The van der Waals surface area contributed by atoms with Crippen molar-refractivity contribution in [3.05, 3.63) is 113 Å². The first-order valence-corrected chi connectivity index (χ1v) is 12.9. The molecule has 4 nitrogen and oxygen atoms in total. The number of hydrogen-bond acceptors (Lipinski definition) is 3. The van der Waals surface area contributed by atoms with Gasteiger partial charge in [0, 0.05) is 24.1 Å². The molecule has 6 rings (SSSR count). The summed E-state index contributed by atoms with van der Waals surface area (Å²) in [5.74, 6) is 0.559. The Hall–Kier alpha value is -3.63. The van der Waals surface area contributed by atoms with E-state index in [-0.39, 0.29) is 18.1 Å². The average molecular weight is 478 g/mol. The van der Waals surface area contributed by atoms with Crippen molar-refractivity contribution in [1.29, 1.82) is 0 Å². The Bertz CT molecular complexity index is 1420. The normalized spacial score (nSPS) is 19.9. The van der Waals surface area contributed by atoms with Crippen LogP contribution < -0.4 is 10.1 Å². The zero-order valence-electron chi connectivity index (χ0n) is 20.5. The van der Waals surface area contributed by atoms with E-state index in [1.807, 2.05) is 30.3 Å². The van der Waals surface area contributed by atoms with E-state index in [1.54, 1.807) is 0 Å². The van der Waals surface area contributed by atoms with Gasteiger partial charge in [0.1, 0.15) is 11.9 Å². The Morgan fingerprint density at radius 3 is 2.58 bits per heavy atom. The second kappa shape index (κ2) is 9.44. The zero-order chi connectivity index (χ0) is 24.6. The number of benzene rings is 4. The number of hydrogen-bond donors (Lipinski definition) is 2. The van der Waals surface area contributed by atoms with E-state index in [4.69, 9.17) is 4.74 Å². The Balaban J connectivity index is 1.25. The molecule has 1 fully saturated rings. The first-order valence-electron chi connectivity index (χ1n) is 12.9. The summed E-state index contributed by atoms with van der Waals surface area (Å²) < 4.78 is 6.43. The molecule has 2 aliphatic rings. The topological polar surface area (TPSA) is 58.6 Å². The van der Waals surface area contributed by atoms with Crippen LogP contribution in [-0.4, -0.2) is 23.7 Å². The van der Waals surface area contributed by atoms with E-state index in [1.165, 1.54) is 16.3 Å². The molecule has 0 spiro atoms. The van der Waals surface area contributed by atoms with Crippen molar-refractivity contribution in [3.63, 3.8) is 0 Å². The van der Waals surface area contributed by atoms with Gasteiger partial charge in [-0.05, 0) is 71.7 Å². The minimum atomic E-state index is -0.832. The third-order valence-corrected chi connectivity index (χ3v) is 7.76. The fourth-order valence-electron chi connectivity index (χ4n) is 5.71. The zero-order valence-corrected chi connectivity index (χ0v) is 20.5. The molecule has 0 radical (unpaired) electrons. The van der Waals surface area contributed by atoms with E-state index in [0.29, 0.717) is 18.0 Å². The SMILES string of the molecule is C[C@@H](NC[C@H]1C[C@@H](c2ccc(C3CC3)c(C(=O)O)c2)c2ccccc2O1)c1cccc2ccccc12. The number of carboxylic acid groups (broad SMARTS) is 1. The molecular weight excluding hydrogens is 446 g/mol. The number of nitrogens with one attached hydrogen (secondary N) is 1. The summed E-state index contributed by atoms with van der Waals surface area (Å²) in [6, 6.07) is 29.4. The molecule has 0 amide bonds. The highest BCUT2D eigenvalue weighted by molar-refractivity contribution is 5.90. The maximum atomic E-state index is 12.1. The van der Waals surface area contributed by atoms with Crippen LogP contribution in [-0.2, 0) is 0 Å². The van der Waals surface area contributed by atoms with Crippen LogP contribution >= 0.6 is 0 Å². The molecule has 36 heavy (non-hydrogen) atoms. The summed E-state index contributed by atoms with van der Waals surface area (Å²) in [6.07, 6.45) is 2.96. The van der Waals surface area contributed by atoms with Gasteiger partial charge in [-0.15, -0.1) is 0 Å². The van der Waals surface area contributed by atoms with E-state index in [0.717, 1.165) is 41.7 Å². The van der Waals surface area contributed by atoms with E-state index < -0.39 is 5.97 Å². The summed E-state index contributed by atoms with van der Waals surface area (Å²) in [5, 5.41) is 16.1. The van der Waals surface area contributed by atoms with Gasteiger partial charge in [-0.25, -0.2) is 4.79 Å². The number of carbonyl (C=O) groups is 1. The van der Waals surface area contributed by atoms with Gasteiger partial charge in [-0.2, -0.15) is 0 Å². The van der Waals surface area contributed by atoms with Crippen LogP contribution in [0.25, 0.3) is 10.8 Å². The van der Waals surface area contributed by atoms with Gasteiger partial charge < -0.3 is 15.2 Å². The summed E-state index contributed by atoms with van der Waals surface area (Å²) in [6.45, 7) is 2.91. The van der Waals surface area contributed by atoms with Crippen LogP contribution in [0.15, 0.2) is 84.9 Å². The number of ether oxygens (including phenoxy) is 1. The lowest BCUT2D eigenvalue weighted by molar-refractivity contribution is 0.0695. The van der Waals surface area contributed by atoms with E-state index >= 15 is 0 Å². The number of para-hydroxylation sites is 1. The molecule has 0 bridgehead atoms. The summed E-state index contributed by atoms with van der Waals surface area (Å²) >= 11 is 0.